The highest BCUT2D eigenvalue weighted by Gasteiger charge is 2.34. The molecule has 9 nitrogen and oxygen atoms in total. The van der Waals surface area contributed by atoms with Gasteiger partial charge in [0.15, 0.2) is 0 Å². The second kappa shape index (κ2) is 9.38. The number of nitrogens with one attached hydrogen (secondary N) is 1. The highest BCUT2D eigenvalue weighted by molar-refractivity contribution is 5.97. The lowest BCUT2D eigenvalue weighted by atomic mass is 10.2. The third-order valence-electron chi connectivity index (χ3n) is 5.19. The number of aromatic nitrogens is 3. The molecule has 1 N–H and O–H groups in total. The van der Waals surface area contributed by atoms with Crippen molar-refractivity contribution in [1.29, 1.82) is 0 Å². The van der Waals surface area contributed by atoms with Crippen molar-refractivity contribution in [3.63, 3.8) is 0 Å². The highest BCUT2D eigenvalue weighted by Crippen LogP contribution is 2.22. The Morgan fingerprint density at radius 2 is 1.97 bits per heavy atom. The Hall–Kier alpha value is -3.75. The van der Waals surface area contributed by atoms with Gasteiger partial charge in [-0.3, -0.25) is 14.6 Å². The van der Waals surface area contributed by atoms with Crippen LogP contribution in [0.25, 0.3) is 11.4 Å². The van der Waals surface area contributed by atoms with Crippen molar-refractivity contribution in [2.45, 2.75) is 31.7 Å². The maximum Gasteiger partial charge on any atom is 0.247 e. The van der Waals surface area contributed by atoms with Gasteiger partial charge in [-0.05, 0) is 49.2 Å². The van der Waals surface area contributed by atoms with Crippen LogP contribution in [0, 0.1) is 0 Å². The Balaban J connectivity index is 1.33. The molecule has 1 saturated heterocycles. The number of amides is 2. The standard InChI is InChI=1S/C22H23N5O4/c1-30-17-6-4-16(5-7-17)24-22(29)18-3-2-14-27(18)20(28)9-8-19-25-21(26-31-19)15-10-12-23-13-11-15/h4-7,10-13,18H,2-3,8-9,14H2,1H3,(H,24,29). The van der Waals surface area contributed by atoms with E-state index in [1.807, 2.05) is 0 Å². The van der Waals surface area contributed by atoms with Gasteiger partial charge in [-0.2, -0.15) is 4.98 Å². The minimum Gasteiger partial charge on any atom is -0.497 e. The molecule has 3 aromatic rings. The van der Waals surface area contributed by atoms with E-state index < -0.39 is 6.04 Å². The quantitative estimate of drug-likeness (QED) is 0.624. The Labute approximate surface area is 179 Å². The molecule has 160 valence electrons. The van der Waals surface area contributed by atoms with Crippen molar-refractivity contribution in [3.05, 3.63) is 54.7 Å². The topological polar surface area (TPSA) is 110 Å². The molecule has 0 spiro atoms. The normalized spacial score (nSPS) is 15.6. The summed E-state index contributed by atoms with van der Waals surface area (Å²) >= 11 is 0. The second-order valence-electron chi connectivity index (χ2n) is 7.21. The molecule has 0 radical (unpaired) electrons. The van der Waals surface area contributed by atoms with Gasteiger partial charge in [0.05, 0.1) is 7.11 Å². The first-order valence-corrected chi connectivity index (χ1v) is 10.1. The smallest absolute Gasteiger partial charge is 0.247 e. The first-order valence-electron chi connectivity index (χ1n) is 10.1. The number of pyridine rings is 1. The van der Waals surface area contributed by atoms with E-state index in [9.17, 15) is 9.59 Å². The molecule has 1 atom stereocenters. The van der Waals surface area contributed by atoms with Crippen LogP contribution >= 0.6 is 0 Å². The molecule has 1 aliphatic heterocycles. The van der Waals surface area contributed by atoms with E-state index >= 15 is 0 Å². The van der Waals surface area contributed by atoms with Crippen molar-refractivity contribution in [3.8, 4) is 17.1 Å². The van der Waals surface area contributed by atoms with Crippen molar-refractivity contribution in [2.75, 3.05) is 19.0 Å². The highest BCUT2D eigenvalue weighted by atomic mass is 16.5. The van der Waals surface area contributed by atoms with Gasteiger partial charge in [-0.1, -0.05) is 5.16 Å². The van der Waals surface area contributed by atoms with Gasteiger partial charge >= 0.3 is 0 Å². The van der Waals surface area contributed by atoms with Crippen LogP contribution in [-0.4, -0.2) is 51.5 Å². The fourth-order valence-corrected chi connectivity index (χ4v) is 3.57. The number of aryl methyl sites for hydroxylation is 1. The van der Waals surface area contributed by atoms with E-state index in [0.717, 1.165) is 12.0 Å². The molecular weight excluding hydrogens is 398 g/mol. The van der Waals surface area contributed by atoms with Gasteiger partial charge in [0, 0.05) is 43.0 Å². The molecule has 2 amide bonds. The predicted octanol–water partition coefficient (Wildman–Crippen LogP) is 2.70. The monoisotopic (exact) mass is 421 g/mol. The lowest BCUT2D eigenvalue weighted by molar-refractivity contribution is -0.136. The molecule has 1 fully saturated rings. The van der Waals surface area contributed by atoms with Gasteiger partial charge in [0.25, 0.3) is 0 Å². The Kier molecular flexibility index (Phi) is 6.21. The van der Waals surface area contributed by atoms with E-state index in [4.69, 9.17) is 9.26 Å². The van der Waals surface area contributed by atoms with E-state index in [1.54, 1.807) is 60.8 Å². The zero-order chi connectivity index (χ0) is 21.6. The molecule has 0 aliphatic carbocycles. The van der Waals surface area contributed by atoms with Crippen LogP contribution in [0.2, 0.25) is 0 Å². The molecule has 3 heterocycles. The zero-order valence-corrected chi connectivity index (χ0v) is 17.2. The number of anilines is 1. The molecule has 1 unspecified atom stereocenters. The molecule has 2 aromatic heterocycles. The minimum atomic E-state index is -0.482. The summed E-state index contributed by atoms with van der Waals surface area (Å²) in [6, 6.07) is 10.2. The summed E-state index contributed by atoms with van der Waals surface area (Å²) < 4.78 is 10.4. The lowest BCUT2D eigenvalue weighted by Gasteiger charge is -2.24. The lowest BCUT2D eigenvalue weighted by Crippen LogP contribution is -2.43. The third-order valence-corrected chi connectivity index (χ3v) is 5.19. The summed E-state index contributed by atoms with van der Waals surface area (Å²) in [6.07, 6.45) is 5.25. The molecule has 4 rings (SSSR count). The minimum absolute atomic E-state index is 0.101. The van der Waals surface area contributed by atoms with Crippen LogP contribution in [0.1, 0.15) is 25.2 Å². The zero-order valence-electron chi connectivity index (χ0n) is 17.2. The van der Waals surface area contributed by atoms with Crippen molar-refractivity contribution in [2.24, 2.45) is 0 Å². The van der Waals surface area contributed by atoms with Crippen LogP contribution in [0.3, 0.4) is 0 Å². The fourth-order valence-electron chi connectivity index (χ4n) is 3.57. The Bertz CT molecular complexity index is 1040. The van der Waals surface area contributed by atoms with Gasteiger partial charge in [-0.25, -0.2) is 0 Å². The number of carbonyl (C=O) groups is 2. The van der Waals surface area contributed by atoms with Gasteiger partial charge in [0.2, 0.25) is 23.5 Å². The summed E-state index contributed by atoms with van der Waals surface area (Å²) in [7, 11) is 1.59. The van der Waals surface area contributed by atoms with Crippen molar-refractivity contribution < 1.29 is 18.8 Å². The van der Waals surface area contributed by atoms with Crippen molar-refractivity contribution in [1.82, 2.24) is 20.0 Å². The fraction of sp³-hybridized carbons (Fsp3) is 0.318. The summed E-state index contributed by atoms with van der Waals surface area (Å²) in [5.41, 5.74) is 1.46. The number of benzene rings is 1. The number of ether oxygens (including phenoxy) is 1. The van der Waals surface area contributed by atoms with E-state index in [-0.39, 0.29) is 18.2 Å². The van der Waals surface area contributed by atoms with Crippen LogP contribution in [0.15, 0.2) is 53.3 Å². The molecular formula is C22H23N5O4. The average molecular weight is 421 g/mol. The number of rotatable bonds is 7. The number of carbonyl (C=O) groups excluding carboxylic acids is 2. The van der Waals surface area contributed by atoms with Crippen LogP contribution in [-0.2, 0) is 16.0 Å². The van der Waals surface area contributed by atoms with E-state index in [2.05, 4.69) is 20.4 Å². The Morgan fingerprint density at radius 3 is 2.71 bits per heavy atom. The Morgan fingerprint density at radius 1 is 1.19 bits per heavy atom. The predicted molar refractivity (Wildman–Crippen MR) is 112 cm³/mol. The van der Waals surface area contributed by atoms with E-state index in [1.165, 1.54) is 0 Å². The summed E-state index contributed by atoms with van der Waals surface area (Å²) in [4.78, 5) is 35.5. The molecule has 0 saturated carbocycles. The molecule has 0 bridgehead atoms. The number of nitrogens with zero attached hydrogens (tertiary/aromatic N) is 4. The number of methoxy groups -OCH3 is 1. The van der Waals surface area contributed by atoms with Gasteiger partial charge in [0.1, 0.15) is 11.8 Å². The first kappa shape index (κ1) is 20.5. The molecule has 31 heavy (non-hydrogen) atoms. The number of hydrogen-bond acceptors (Lipinski definition) is 7. The summed E-state index contributed by atoms with van der Waals surface area (Å²) in [5.74, 6) is 1.27. The van der Waals surface area contributed by atoms with Crippen molar-refractivity contribution >= 4 is 17.5 Å². The number of likely N-dealkylation sites (tertiary alicyclic amines) is 1. The molecule has 1 aromatic carbocycles. The molecule has 9 heteroatoms. The molecule has 1 aliphatic rings. The maximum atomic E-state index is 12.8. The van der Waals surface area contributed by atoms with Crippen LogP contribution in [0.5, 0.6) is 5.75 Å². The summed E-state index contributed by atoms with van der Waals surface area (Å²) in [5, 5.41) is 6.83. The van der Waals surface area contributed by atoms with Gasteiger partial charge in [-0.15, -0.1) is 0 Å². The van der Waals surface area contributed by atoms with Gasteiger partial charge < -0.3 is 19.5 Å². The second-order valence-corrected chi connectivity index (χ2v) is 7.21. The number of hydrogen-bond donors (Lipinski definition) is 1. The first-order chi connectivity index (χ1) is 15.1. The third kappa shape index (κ3) is 4.88. The largest absolute Gasteiger partial charge is 0.497 e. The van der Waals surface area contributed by atoms with Crippen LogP contribution < -0.4 is 10.1 Å². The average Bonchev–Trinajstić information content (AvgIpc) is 3.49. The van der Waals surface area contributed by atoms with Crippen LogP contribution in [0.4, 0.5) is 5.69 Å². The maximum absolute atomic E-state index is 12.8. The SMILES string of the molecule is COc1ccc(NC(=O)C2CCCN2C(=O)CCc2nc(-c3ccncc3)no2)cc1. The van der Waals surface area contributed by atoms with E-state index in [0.29, 0.717) is 42.5 Å². The summed E-state index contributed by atoms with van der Waals surface area (Å²) in [6.45, 7) is 0.561.